The van der Waals surface area contributed by atoms with E-state index >= 15 is 0 Å². The molecule has 3 rings (SSSR count). The van der Waals surface area contributed by atoms with Gasteiger partial charge in [-0.15, -0.1) is 0 Å². The van der Waals surface area contributed by atoms with Crippen LogP contribution in [0.5, 0.6) is 0 Å². The molecule has 1 unspecified atom stereocenters. The summed E-state index contributed by atoms with van der Waals surface area (Å²) < 4.78 is 20.0. The molecule has 1 atom stereocenters. The van der Waals surface area contributed by atoms with Gasteiger partial charge in [-0.3, -0.25) is 4.79 Å². The Kier molecular flexibility index (Phi) is 9.58. The van der Waals surface area contributed by atoms with E-state index in [1.807, 2.05) is 30.3 Å². The first kappa shape index (κ1) is 24.3. The number of hydrogen-bond donors (Lipinski definition) is 0. The highest BCUT2D eigenvalue weighted by molar-refractivity contribution is 7.44. The normalized spacial score (nSPS) is 12.4. The largest absolute Gasteiger partial charge is 0.453 e. The van der Waals surface area contributed by atoms with E-state index in [4.69, 9.17) is 18.7 Å². The van der Waals surface area contributed by atoms with E-state index in [9.17, 15) is 4.79 Å². The molecule has 0 spiro atoms. The molecule has 1 aliphatic heterocycles. The van der Waals surface area contributed by atoms with Crippen LogP contribution in [0.1, 0.15) is 45.1 Å². The first-order chi connectivity index (χ1) is 15.7. The summed E-state index contributed by atoms with van der Waals surface area (Å²) in [6.45, 7) is 6.89. The number of para-hydroxylation sites is 2. The molecule has 0 saturated carbocycles. The van der Waals surface area contributed by atoms with Crippen LogP contribution < -0.4 is 5.43 Å². The molecular weight excluding hydrogens is 425 g/mol. The van der Waals surface area contributed by atoms with E-state index in [2.05, 4.69) is 29.6 Å². The maximum Gasteiger partial charge on any atom is 0.258 e. The van der Waals surface area contributed by atoms with E-state index < -0.39 is 8.53 Å². The number of rotatable bonds is 13. The molecule has 1 aliphatic carbocycles. The molecule has 0 saturated heterocycles. The molecule has 1 aromatic rings. The van der Waals surface area contributed by atoms with Gasteiger partial charge in [-0.25, -0.2) is 9.65 Å². The van der Waals surface area contributed by atoms with Gasteiger partial charge in [0, 0.05) is 24.7 Å². The molecule has 170 valence electrons. The van der Waals surface area contributed by atoms with Gasteiger partial charge in [-0.1, -0.05) is 26.0 Å². The van der Waals surface area contributed by atoms with Crippen LogP contribution in [0, 0.1) is 11.3 Å². The molecule has 0 amide bonds. The lowest BCUT2D eigenvalue weighted by Crippen LogP contribution is -2.22. The zero-order chi connectivity index (χ0) is 22.8. The Bertz CT molecular complexity index is 1060. The predicted molar refractivity (Wildman–Crippen MR) is 126 cm³/mol. The Balaban J connectivity index is 1.64. The van der Waals surface area contributed by atoms with Crippen molar-refractivity contribution in [3.8, 4) is 17.5 Å². The molecule has 1 heterocycles. The summed E-state index contributed by atoms with van der Waals surface area (Å²) in [7, 11) is -1.21. The average Bonchev–Trinajstić information content (AvgIpc) is 2.79. The third kappa shape index (κ3) is 6.57. The summed E-state index contributed by atoms with van der Waals surface area (Å²) in [6.07, 6.45) is 3.64. The fourth-order valence-electron chi connectivity index (χ4n) is 3.41. The van der Waals surface area contributed by atoms with Crippen LogP contribution in [0.2, 0.25) is 0 Å². The SMILES string of the molecule is CCCN(CCC)P(OCCC#N)OCCCc1cc2nc3ccccc3oc-2cc1=O. The highest BCUT2D eigenvalue weighted by Crippen LogP contribution is 2.43. The predicted octanol–water partition coefficient (Wildman–Crippen LogP) is 5.52. The quantitative estimate of drug-likeness (QED) is 0.190. The van der Waals surface area contributed by atoms with Crippen molar-refractivity contribution < 1.29 is 13.5 Å². The van der Waals surface area contributed by atoms with Gasteiger partial charge in [0.2, 0.25) is 0 Å². The van der Waals surface area contributed by atoms with E-state index in [0.717, 1.165) is 31.4 Å². The maximum atomic E-state index is 12.6. The van der Waals surface area contributed by atoms with Crippen LogP contribution >= 0.6 is 8.53 Å². The van der Waals surface area contributed by atoms with Gasteiger partial charge < -0.3 is 13.5 Å². The third-order valence-corrected chi connectivity index (χ3v) is 6.54. The van der Waals surface area contributed by atoms with Gasteiger partial charge in [0.25, 0.3) is 8.53 Å². The fraction of sp³-hybridized carbons (Fsp3) is 0.458. The second-order valence-electron chi connectivity index (χ2n) is 7.48. The van der Waals surface area contributed by atoms with E-state index in [1.165, 1.54) is 6.07 Å². The van der Waals surface area contributed by atoms with E-state index in [0.29, 0.717) is 55.1 Å². The Morgan fingerprint density at radius 1 is 1.12 bits per heavy atom. The molecule has 0 aromatic heterocycles. The average molecular weight is 455 g/mol. The number of nitriles is 1. The summed E-state index contributed by atoms with van der Waals surface area (Å²) in [4.78, 5) is 17.2. The number of benzene rings is 2. The highest BCUT2D eigenvalue weighted by Gasteiger charge is 2.20. The first-order valence-electron chi connectivity index (χ1n) is 11.2. The molecule has 0 radical (unpaired) electrons. The molecule has 0 N–H and O–H groups in total. The monoisotopic (exact) mass is 455 g/mol. The van der Waals surface area contributed by atoms with Gasteiger partial charge in [-0.2, -0.15) is 5.26 Å². The third-order valence-electron chi connectivity index (χ3n) is 4.87. The Morgan fingerprint density at radius 2 is 1.88 bits per heavy atom. The molecular formula is C24H30N3O4P. The van der Waals surface area contributed by atoms with Gasteiger partial charge in [-0.05, 0) is 43.9 Å². The standard InChI is InChI=1S/C24H30N3O4P/c1-3-13-27(14-4-2)32(30-16-8-12-25)29-15-7-9-19-17-21-24(18-22(19)28)31-23-11-6-5-10-20(23)26-21/h5-6,10-11,17-18H,3-4,7-9,13-16H2,1-2H3. The van der Waals surface area contributed by atoms with Gasteiger partial charge >= 0.3 is 0 Å². The lowest BCUT2D eigenvalue weighted by molar-refractivity contribution is 0.204. The van der Waals surface area contributed by atoms with Gasteiger partial charge in [0.1, 0.15) is 11.2 Å². The minimum Gasteiger partial charge on any atom is -0.453 e. The number of aromatic nitrogens is 1. The molecule has 8 heteroatoms. The molecule has 1 aromatic carbocycles. The van der Waals surface area contributed by atoms with Crippen LogP contribution in [-0.4, -0.2) is 36.0 Å². The minimum absolute atomic E-state index is 0.0514. The number of fused-ring (bicyclic) bond motifs is 2. The second-order valence-corrected chi connectivity index (χ2v) is 9.04. The van der Waals surface area contributed by atoms with Crippen molar-refractivity contribution in [1.82, 2.24) is 9.65 Å². The van der Waals surface area contributed by atoms with E-state index in [1.54, 1.807) is 0 Å². The number of nitrogens with zero attached hydrogens (tertiary/aromatic N) is 3. The van der Waals surface area contributed by atoms with E-state index in [-0.39, 0.29) is 5.43 Å². The molecule has 2 aliphatic rings. The Hall–Kier alpha value is -2.36. The summed E-state index contributed by atoms with van der Waals surface area (Å²) in [5.41, 5.74) is 2.75. The molecule has 32 heavy (non-hydrogen) atoms. The summed E-state index contributed by atoms with van der Waals surface area (Å²) in [5, 5.41) is 8.81. The van der Waals surface area contributed by atoms with Crippen molar-refractivity contribution in [1.29, 1.82) is 5.26 Å². The highest BCUT2D eigenvalue weighted by atomic mass is 31.2. The van der Waals surface area contributed by atoms with Gasteiger partial charge in [0.15, 0.2) is 16.8 Å². The molecule has 7 nitrogen and oxygen atoms in total. The summed E-state index contributed by atoms with van der Waals surface area (Å²) >= 11 is 0. The number of hydrogen-bond acceptors (Lipinski definition) is 7. The van der Waals surface area contributed by atoms with Crippen molar-refractivity contribution in [2.45, 2.75) is 46.0 Å². The molecule has 0 bridgehead atoms. The van der Waals surface area contributed by atoms with Crippen LogP contribution in [0.15, 0.2) is 45.6 Å². The lowest BCUT2D eigenvalue weighted by atomic mass is 10.1. The molecule has 0 fully saturated rings. The lowest BCUT2D eigenvalue weighted by Gasteiger charge is -2.28. The van der Waals surface area contributed by atoms with Crippen molar-refractivity contribution in [3.05, 3.63) is 52.2 Å². The fourth-order valence-corrected chi connectivity index (χ4v) is 5.07. The zero-order valence-electron chi connectivity index (χ0n) is 18.7. The number of aryl methyl sites for hydroxylation is 1. The zero-order valence-corrected chi connectivity index (χ0v) is 19.6. The van der Waals surface area contributed by atoms with Crippen molar-refractivity contribution in [2.24, 2.45) is 0 Å². The van der Waals surface area contributed by atoms with Crippen LogP contribution in [-0.2, 0) is 15.5 Å². The Morgan fingerprint density at radius 3 is 2.62 bits per heavy atom. The topological polar surface area (TPSA) is 88.6 Å². The minimum atomic E-state index is -1.21. The van der Waals surface area contributed by atoms with Crippen molar-refractivity contribution >= 4 is 19.6 Å². The maximum absolute atomic E-state index is 12.6. The van der Waals surface area contributed by atoms with Crippen molar-refractivity contribution in [2.75, 3.05) is 26.3 Å². The second kappa shape index (κ2) is 12.6. The van der Waals surface area contributed by atoms with Crippen molar-refractivity contribution in [3.63, 3.8) is 0 Å². The van der Waals surface area contributed by atoms with Crippen LogP contribution in [0.3, 0.4) is 0 Å². The Labute approximate surface area is 190 Å². The summed E-state index contributed by atoms with van der Waals surface area (Å²) in [6, 6.07) is 13.0. The van der Waals surface area contributed by atoms with Crippen LogP contribution in [0.25, 0.3) is 22.6 Å². The van der Waals surface area contributed by atoms with Gasteiger partial charge in [0.05, 0.1) is 25.7 Å². The smallest absolute Gasteiger partial charge is 0.258 e. The van der Waals surface area contributed by atoms with Crippen LogP contribution in [0.4, 0.5) is 0 Å². The summed E-state index contributed by atoms with van der Waals surface area (Å²) in [5.74, 6) is 0.498. The first-order valence-corrected chi connectivity index (χ1v) is 12.3.